The molecule has 1 amide bonds. The van der Waals surface area contributed by atoms with E-state index in [9.17, 15) is 13.2 Å². The molecule has 2 atom stereocenters. The van der Waals surface area contributed by atoms with Gasteiger partial charge in [0.1, 0.15) is 0 Å². The van der Waals surface area contributed by atoms with E-state index in [1.165, 1.54) is 0 Å². The molecule has 1 aliphatic carbocycles. The summed E-state index contributed by atoms with van der Waals surface area (Å²) in [4.78, 5) is 21.7. The van der Waals surface area contributed by atoms with Gasteiger partial charge in [-0.2, -0.15) is 4.98 Å². The average Bonchev–Trinajstić information content (AvgIpc) is 2.88. The SMILES string of the molecule is Cc1cccc(C)c1-c1cc2nc(n1)NS(=O)(=O)c1cccc(c1)C(C1CC(NC(=O)C(C)C)C1)[C@H](CC(C)(C)C)CO2. The maximum Gasteiger partial charge on any atom is 0.264 e. The Morgan fingerprint density at radius 2 is 1.72 bits per heavy atom. The van der Waals surface area contributed by atoms with E-state index in [2.05, 4.69) is 40.8 Å². The first-order valence-corrected chi connectivity index (χ1v) is 16.7. The summed E-state index contributed by atoms with van der Waals surface area (Å²) < 4.78 is 36.5. The van der Waals surface area contributed by atoms with Gasteiger partial charge in [-0.3, -0.25) is 4.79 Å². The molecule has 0 radical (unpaired) electrons. The van der Waals surface area contributed by atoms with Gasteiger partial charge in [0.05, 0.1) is 17.2 Å². The molecule has 1 saturated carbocycles. The molecule has 0 saturated heterocycles. The Bertz CT molecular complexity index is 1590. The highest BCUT2D eigenvalue weighted by atomic mass is 32.2. The van der Waals surface area contributed by atoms with Crippen molar-refractivity contribution in [2.75, 3.05) is 11.3 Å². The summed E-state index contributed by atoms with van der Waals surface area (Å²) >= 11 is 0. The second-order valence-corrected chi connectivity index (χ2v) is 15.5. The molecule has 1 aliphatic heterocycles. The van der Waals surface area contributed by atoms with E-state index in [0.717, 1.165) is 41.5 Å². The Kier molecular flexibility index (Phi) is 8.58. The average molecular weight is 605 g/mol. The van der Waals surface area contributed by atoms with E-state index in [1.54, 1.807) is 12.1 Å². The van der Waals surface area contributed by atoms with Crippen LogP contribution in [-0.4, -0.2) is 36.9 Å². The molecule has 2 aromatic carbocycles. The maximum absolute atomic E-state index is 13.7. The third-order valence-corrected chi connectivity index (χ3v) is 9.93. The van der Waals surface area contributed by atoms with E-state index in [0.29, 0.717) is 18.2 Å². The molecule has 1 fully saturated rings. The fraction of sp³-hybridized carbons (Fsp3) is 0.500. The number of nitrogens with zero attached hydrogens (tertiary/aromatic N) is 2. The normalized spacial score (nSPS) is 23.2. The van der Waals surface area contributed by atoms with Crippen LogP contribution in [0.15, 0.2) is 53.4 Å². The maximum atomic E-state index is 13.7. The molecule has 5 rings (SSSR count). The number of anilines is 1. The number of hydrogen-bond donors (Lipinski definition) is 2. The Morgan fingerprint density at radius 1 is 1.05 bits per heavy atom. The number of amides is 1. The van der Waals surface area contributed by atoms with E-state index < -0.39 is 10.0 Å². The molecule has 0 spiro atoms. The van der Waals surface area contributed by atoms with Crippen molar-refractivity contribution in [3.8, 4) is 17.1 Å². The lowest BCUT2D eigenvalue weighted by molar-refractivity contribution is -0.125. The van der Waals surface area contributed by atoms with E-state index in [-0.39, 0.29) is 51.9 Å². The number of fused-ring (bicyclic) bond motifs is 4. The Labute approximate surface area is 256 Å². The van der Waals surface area contributed by atoms with Gasteiger partial charge in [0.25, 0.3) is 10.0 Å². The number of nitrogens with one attached hydrogen (secondary N) is 2. The molecule has 1 unspecified atom stereocenters. The lowest BCUT2D eigenvalue weighted by Crippen LogP contribution is -2.48. The minimum atomic E-state index is -3.98. The van der Waals surface area contributed by atoms with E-state index >= 15 is 0 Å². The summed E-state index contributed by atoms with van der Waals surface area (Å²) in [5.74, 6) is 0.710. The number of carbonyl (C=O) groups excluding carboxylic acids is 1. The summed E-state index contributed by atoms with van der Waals surface area (Å²) in [7, 11) is -3.98. The Balaban J connectivity index is 1.58. The fourth-order valence-corrected chi connectivity index (χ4v) is 7.60. The second-order valence-electron chi connectivity index (χ2n) is 13.8. The number of carbonyl (C=O) groups is 1. The van der Waals surface area contributed by atoms with Crippen LogP contribution in [0.4, 0.5) is 5.95 Å². The third kappa shape index (κ3) is 7.03. The summed E-state index contributed by atoms with van der Waals surface area (Å²) in [5.41, 5.74) is 4.57. The van der Waals surface area contributed by atoms with Gasteiger partial charge in [0.2, 0.25) is 17.7 Å². The van der Waals surface area contributed by atoms with Crippen molar-refractivity contribution >= 4 is 21.9 Å². The lowest BCUT2D eigenvalue weighted by Gasteiger charge is -2.45. The number of rotatable bonds is 5. The molecule has 2 heterocycles. The van der Waals surface area contributed by atoms with Gasteiger partial charge in [0.15, 0.2) is 0 Å². The van der Waals surface area contributed by atoms with Crippen LogP contribution in [0.5, 0.6) is 5.88 Å². The molecule has 3 aromatic rings. The van der Waals surface area contributed by atoms with Gasteiger partial charge >= 0.3 is 0 Å². The van der Waals surface area contributed by atoms with Crippen molar-refractivity contribution in [1.82, 2.24) is 15.3 Å². The van der Waals surface area contributed by atoms with Crippen molar-refractivity contribution in [3.05, 3.63) is 65.2 Å². The van der Waals surface area contributed by atoms with Crippen LogP contribution in [0.2, 0.25) is 0 Å². The molecule has 4 bridgehead atoms. The topological polar surface area (TPSA) is 110 Å². The second kappa shape index (κ2) is 11.9. The number of benzene rings is 2. The summed E-state index contributed by atoms with van der Waals surface area (Å²) in [5, 5.41) is 3.18. The summed E-state index contributed by atoms with van der Waals surface area (Å²) in [6, 6.07) is 15.2. The first-order valence-electron chi connectivity index (χ1n) is 15.2. The lowest BCUT2D eigenvalue weighted by atomic mass is 9.63. The first kappa shape index (κ1) is 31.0. The molecule has 230 valence electrons. The van der Waals surface area contributed by atoms with E-state index in [1.807, 2.05) is 64.1 Å². The zero-order chi connectivity index (χ0) is 31.1. The molecule has 8 nitrogen and oxygen atoms in total. The Hall–Kier alpha value is -3.46. The first-order chi connectivity index (χ1) is 20.2. The molecular weight excluding hydrogens is 560 g/mol. The van der Waals surface area contributed by atoms with Crippen molar-refractivity contribution in [2.45, 2.75) is 84.6 Å². The van der Waals surface area contributed by atoms with E-state index in [4.69, 9.17) is 4.74 Å². The van der Waals surface area contributed by atoms with Gasteiger partial charge < -0.3 is 10.1 Å². The number of hydrogen-bond acceptors (Lipinski definition) is 6. The van der Waals surface area contributed by atoms with Crippen LogP contribution in [0, 0.1) is 37.0 Å². The summed E-state index contributed by atoms with van der Waals surface area (Å²) in [6.45, 7) is 14.9. The van der Waals surface area contributed by atoms with Crippen LogP contribution in [-0.2, 0) is 14.8 Å². The van der Waals surface area contributed by atoms with Crippen molar-refractivity contribution in [1.29, 1.82) is 0 Å². The molecule has 2 aliphatic rings. The standard InChI is InChI=1S/C34H44N4O4S/c1-20(2)32(39)35-26-14-24(15-26)31-23-12-9-13-27(16-23)43(40,41)38-33-36-28(30-21(3)10-8-11-22(30)4)17-29(37-33)42-19-25(31)18-34(5,6)7/h8-13,16-17,20,24-26,31H,14-15,18-19H2,1-7H3,(H,35,39)(H,36,37,38)/t24?,25-,26?,31?/m1/s1. The summed E-state index contributed by atoms with van der Waals surface area (Å²) in [6.07, 6.45) is 2.55. The van der Waals surface area contributed by atoms with Crippen LogP contribution in [0.1, 0.15) is 76.5 Å². The minimum Gasteiger partial charge on any atom is -0.477 e. The smallest absolute Gasteiger partial charge is 0.264 e. The van der Waals surface area contributed by atoms with Gasteiger partial charge in [-0.25, -0.2) is 18.1 Å². The zero-order valence-electron chi connectivity index (χ0n) is 26.3. The number of ether oxygens (including phenoxy) is 1. The molecule has 2 N–H and O–H groups in total. The third-order valence-electron chi connectivity index (χ3n) is 8.60. The molecule has 43 heavy (non-hydrogen) atoms. The van der Waals surface area contributed by atoms with Crippen molar-refractivity contribution < 1.29 is 17.9 Å². The van der Waals surface area contributed by atoms with Gasteiger partial charge in [-0.05, 0) is 79.2 Å². The van der Waals surface area contributed by atoms with Crippen molar-refractivity contribution in [3.63, 3.8) is 0 Å². The van der Waals surface area contributed by atoms with Crippen molar-refractivity contribution in [2.24, 2.45) is 23.2 Å². The highest BCUT2D eigenvalue weighted by molar-refractivity contribution is 7.92. The Morgan fingerprint density at radius 3 is 2.37 bits per heavy atom. The molecule has 9 heteroatoms. The predicted molar refractivity (Wildman–Crippen MR) is 169 cm³/mol. The fourth-order valence-electron chi connectivity index (χ4n) is 6.60. The zero-order valence-corrected chi connectivity index (χ0v) is 27.1. The highest BCUT2D eigenvalue weighted by Gasteiger charge is 2.42. The van der Waals surface area contributed by atoms with Crippen LogP contribution in [0.3, 0.4) is 0 Å². The molecular formula is C34H44N4O4S. The largest absolute Gasteiger partial charge is 0.477 e. The minimum absolute atomic E-state index is 0.00382. The monoisotopic (exact) mass is 604 g/mol. The van der Waals surface area contributed by atoms with Crippen LogP contribution in [0.25, 0.3) is 11.3 Å². The van der Waals surface area contributed by atoms with Crippen LogP contribution < -0.4 is 14.8 Å². The number of sulfonamides is 1. The van der Waals surface area contributed by atoms with Gasteiger partial charge in [0, 0.05) is 29.5 Å². The number of aromatic nitrogens is 2. The molecule has 1 aromatic heterocycles. The predicted octanol–water partition coefficient (Wildman–Crippen LogP) is 6.64. The van der Waals surface area contributed by atoms with Crippen LogP contribution >= 0.6 is 0 Å². The number of aryl methyl sites for hydroxylation is 2. The van der Waals surface area contributed by atoms with Gasteiger partial charge in [-0.15, -0.1) is 0 Å². The highest BCUT2D eigenvalue weighted by Crippen LogP contribution is 2.47. The quantitative estimate of drug-likeness (QED) is 0.338. The van der Waals surface area contributed by atoms with Gasteiger partial charge in [-0.1, -0.05) is 65.0 Å².